The average Bonchev–Trinajstić information content (AvgIpc) is 2.38. The molecule has 0 saturated carbocycles. The third kappa shape index (κ3) is 4.59. The maximum Gasteiger partial charge on any atom is 0.375 e. The largest absolute Gasteiger partial charge is 0.814 e. The molecule has 0 spiro atoms. The summed E-state index contributed by atoms with van der Waals surface area (Å²) < 4.78 is 4.97. The smallest absolute Gasteiger partial charge is 0.375 e. The number of carbonyl (C=O) groups is 1. The van der Waals surface area contributed by atoms with Gasteiger partial charge in [-0.1, -0.05) is 19.2 Å². The van der Waals surface area contributed by atoms with Crippen LogP contribution >= 0.6 is 0 Å². The standard InChI is InChI=1S/2C7H6O2.Al.2H/c2*1-5-2-3-6(8)7(9)4-5;;;/h2*2-4,9H,1H2;;;. The Bertz CT molecular complexity index is 562. The van der Waals surface area contributed by atoms with Crippen LogP contribution < -0.4 is 0 Å². The van der Waals surface area contributed by atoms with Gasteiger partial charge < -0.3 is 8.90 Å². The second kappa shape index (κ2) is 6.74. The fourth-order valence-electron chi connectivity index (χ4n) is 1.28. The number of rotatable bonds is 1. The van der Waals surface area contributed by atoms with Crippen LogP contribution in [0, 0.1) is 0 Å². The van der Waals surface area contributed by atoms with Gasteiger partial charge in [0.15, 0.2) is 28.1 Å². The quantitative estimate of drug-likeness (QED) is 0.577. The molecule has 0 aromatic carbocycles. The van der Waals surface area contributed by atoms with Gasteiger partial charge in [0.05, 0.1) is 0 Å². The molecular weight excluding hydrogens is 259 g/mol. The fourth-order valence-corrected chi connectivity index (χ4v) is 1.61. The summed E-state index contributed by atoms with van der Waals surface area (Å²) in [5.41, 5.74) is 1.50. The number of hydrogen-bond donors (Lipinski definition) is 1. The van der Waals surface area contributed by atoms with Crippen molar-refractivity contribution >= 4 is 28.2 Å². The van der Waals surface area contributed by atoms with Gasteiger partial charge in [0.2, 0.25) is 5.78 Å². The zero-order valence-corrected chi connectivity index (χ0v) is 12.6. The van der Waals surface area contributed by atoms with Gasteiger partial charge >= 0.3 is 5.78 Å². The van der Waals surface area contributed by atoms with Gasteiger partial charge in [-0.25, -0.2) is 0 Å². The van der Waals surface area contributed by atoms with Gasteiger partial charge in [0, 0.05) is 6.08 Å². The molecular formula is C14H14AlO4. The first kappa shape index (κ1) is 15.0. The molecule has 1 radical (unpaired) electrons. The minimum Gasteiger partial charge on any atom is -0.814 e. The molecule has 19 heavy (non-hydrogen) atoms. The highest BCUT2D eigenvalue weighted by Crippen LogP contribution is 2.10. The molecule has 0 amide bonds. The van der Waals surface area contributed by atoms with Crippen LogP contribution in [0.4, 0.5) is 0 Å². The van der Waals surface area contributed by atoms with Gasteiger partial charge in [-0.05, 0) is 35.5 Å². The van der Waals surface area contributed by atoms with Crippen LogP contribution in [0.3, 0.4) is 0 Å². The van der Waals surface area contributed by atoms with Crippen molar-refractivity contribution < 1.29 is 18.5 Å². The summed E-state index contributed by atoms with van der Waals surface area (Å²) >= 11 is 0.585. The monoisotopic (exact) mass is 273 g/mol. The Morgan fingerprint density at radius 1 is 1.11 bits per heavy atom. The fraction of sp³-hybridized carbons (Fsp3) is 0. The molecule has 2 rings (SSSR count). The number of carbonyl (C=O) groups excluding carboxylic acids is 2. The molecule has 0 unspecified atom stereocenters. The highest BCUT2D eigenvalue weighted by atomic mass is 27.1. The SMILES string of the molecule is C=C1C=CC(=O)C(O)=C1.C=C1C=CC(=[OH+])C([O][AlH2-])=C1. The molecule has 97 valence electrons. The van der Waals surface area contributed by atoms with E-state index >= 15 is 0 Å². The Balaban J connectivity index is 0.000000191. The summed E-state index contributed by atoms with van der Waals surface area (Å²) in [5.74, 6) is 0.117. The molecule has 0 aliphatic heterocycles. The predicted molar refractivity (Wildman–Crippen MR) is 76.9 cm³/mol. The lowest BCUT2D eigenvalue weighted by Crippen LogP contribution is -2.05. The van der Waals surface area contributed by atoms with Gasteiger partial charge in [0.25, 0.3) is 0 Å². The normalized spacial score (nSPS) is 17.5. The second-order valence-corrected chi connectivity index (χ2v) is 4.22. The first-order chi connectivity index (χ1) is 8.93. The van der Waals surface area contributed by atoms with Crippen molar-refractivity contribution in [2.45, 2.75) is 0 Å². The molecule has 0 aromatic heterocycles. The number of ketones is 2. The van der Waals surface area contributed by atoms with E-state index in [-0.39, 0.29) is 17.3 Å². The third-order valence-electron chi connectivity index (χ3n) is 2.27. The van der Waals surface area contributed by atoms with Crippen LogP contribution in [-0.4, -0.2) is 38.1 Å². The van der Waals surface area contributed by atoms with Crippen LogP contribution in [-0.2, 0) is 8.58 Å². The minimum absolute atomic E-state index is 0.183. The van der Waals surface area contributed by atoms with E-state index in [1.54, 1.807) is 24.3 Å². The molecule has 0 atom stereocenters. The number of hydrogen-bond acceptors (Lipinski definition) is 3. The summed E-state index contributed by atoms with van der Waals surface area (Å²) in [4.78, 5) is 19.6. The molecule has 0 saturated heterocycles. The van der Waals surface area contributed by atoms with Gasteiger partial charge in [-0.3, -0.25) is 9.59 Å². The lowest BCUT2D eigenvalue weighted by molar-refractivity contribution is -0.113. The van der Waals surface area contributed by atoms with Gasteiger partial charge in [-0.2, -0.15) is 0 Å². The molecule has 2 aliphatic rings. The average molecular weight is 273 g/mol. The third-order valence-corrected chi connectivity index (χ3v) is 2.71. The van der Waals surface area contributed by atoms with Crippen LogP contribution in [0.2, 0.25) is 0 Å². The molecule has 0 heterocycles. The molecule has 5 heteroatoms. The van der Waals surface area contributed by atoms with E-state index in [2.05, 4.69) is 13.2 Å². The van der Waals surface area contributed by atoms with E-state index in [1.165, 1.54) is 12.2 Å². The van der Waals surface area contributed by atoms with E-state index in [0.29, 0.717) is 28.0 Å². The van der Waals surface area contributed by atoms with Crippen molar-refractivity contribution in [1.29, 1.82) is 0 Å². The van der Waals surface area contributed by atoms with E-state index in [0.717, 1.165) is 5.57 Å². The highest BCUT2D eigenvalue weighted by Gasteiger charge is 2.12. The van der Waals surface area contributed by atoms with E-state index in [9.17, 15) is 4.79 Å². The molecule has 0 fully saturated rings. The Kier molecular flexibility index (Phi) is 5.31. The molecule has 2 aliphatic carbocycles. The van der Waals surface area contributed by atoms with Crippen molar-refractivity contribution in [2.24, 2.45) is 0 Å². The number of allylic oxidation sites excluding steroid dienone is 8. The summed E-state index contributed by atoms with van der Waals surface area (Å²) in [6, 6.07) is 0. The van der Waals surface area contributed by atoms with Crippen molar-refractivity contribution in [3.63, 3.8) is 0 Å². The van der Waals surface area contributed by atoms with Gasteiger partial charge in [-0.15, -0.1) is 0 Å². The molecule has 4 nitrogen and oxygen atoms in total. The Hall–Kier alpha value is -2.09. The minimum atomic E-state index is -0.359. The lowest BCUT2D eigenvalue weighted by Gasteiger charge is -2.10. The summed E-state index contributed by atoms with van der Waals surface area (Å²) in [5, 5.41) is 8.75. The summed E-state index contributed by atoms with van der Waals surface area (Å²) in [6.07, 6.45) is 9.21. The van der Waals surface area contributed by atoms with Crippen LogP contribution in [0.5, 0.6) is 0 Å². The van der Waals surface area contributed by atoms with E-state index < -0.39 is 0 Å². The number of aliphatic hydroxyl groups excluding tert-OH is 1. The van der Waals surface area contributed by atoms with Crippen molar-refractivity contribution in [2.75, 3.05) is 0 Å². The topological polar surface area (TPSA) is 67.9 Å². The zero-order valence-electron chi connectivity index (χ0n) is 10.6. The highest BCUT2D eigenvalue weighted by molar-refractivity contribution is 6.10. The molecule has 2 N–H and O–H groups in total. The lowest BCUT2D eigenvalue weighted by atomic mass is 10.1. The maximum absolute atomic E-state index is 10.5. The molecule has 0 bridgehead atoms. The van der Waals surface area contributed by atoms with Crippen molar-refractivity contribution in [3.05, 3.63) is 72.3 Å². The van der Waals surface area contributed by atoms with Crippen LogP contribution in [0.25, 0.3) is 0 Å². The first-order valence-corrected chi connectivity index (χ1v) is 6.26. The Morgan fingerprint density at radius 2 is 1.68 bits per heavy atom. The predicted octanol–water partition coefficient (Wildman–Crippen LogP) is 1.23. The Labute approximate surface area is 119 Å². The maximum atomic E-state index is 10.5. The first-order valence-electron chi connectivity index (χ1n) is 5.45. The van der Waals surface area contributed by atoms with Crippen molar-refractivity contribution in [1.82, 2.24) is 0 Å². The second-order valence-electron chi connectivity index (χ2n) is 3.81. The summed E-state index contributed by atoms with van der Waals surface area (Å²) in [7, 11) is 0. The molecule has 0 aromatic rings. The van der Waals surface area contributed by atoms with E-state index in [1.807, 2.05) is 0 Å². The van der Waals surface area contributed by atoms with Crippen LogP contribution in [0.1, 0.15) is 0 Å². The zero-order chi connectivity index (χ0) is 14.4. The number of aliphatic hydroxyl groups is 1. The van der Waals surface area contributed by atoms with Crippen molar-refractivity contribution in [3.8, 4) is 0 Å². The summed E-state index contributed by atoms with van der Waals surface area (Å²) in [6.45, 7) is 7.22. The Morgan fingerprint density at radius 3 is 2.16 bits per heavy atom. The van der Waals surface area contributed by atoms with E-state index in [4.69, 9.17) is 13.7 Å². The van der Waals surface area contributed by atoms with Crippen LogP contribution in [0.15, 0.2) is 72.3 Å². The van der Waals surface area contributed by atoms with Gasteiger partial charge in [0.1, 0.15) is 0 Å².